The molecule has 3 nitrogen and oxygen atoms in total. The summed E-state index contributed by atoms with van der Waals surface area (Å²) in [4.78, 5) is 14.4. The molecule has 0 amide bonds. The number of alkyl halides is 2. The van der Waals surface area contributed by atoms with E-state index >= 15 is 0 Å². The first-order valence-electron chi connectivity index (χ1n) is 4.73. The van der Waals surface area contributed by atoms with E-state index in [1.807, 2.05) is 0 Å². The summed E-state index contributed by atoms with van der Waals surface area (Å²) in [7, 11) is 0. The lowest BCUT2D eigenvalue weighted by Crippen LogP contribution is -2.11. The van der Waals surface area contributed by atoms with Crippen molar-refractivity contribution in [2.45, 2.75) is 19.8 Å². The third-order valence-corrected chi connectivity index (χ3v) is 2.61. The van der Waals surface area contributed by atoms with Crippen LogP contribution in [0.5, 0.6) is 0 Å². The van der Waals surface area contributed by atoms with Crippen molar-refractivity contribution in [3.05, 3.63) is 27.7 Å². The molecule has 7 heteroatoms. The second-order valence-corrected chi connectivity index (χ2v) is 3.92. The first-order chi connectivity index (χ1) is 7.97. The summed E-state index contributed by atoms with van der Waals surface area (Å²) in [5.41, 5.74) is -1.14. The maximum Gasteiger partial charge on any atom is 0.310 e. The molecular formula is C10H9BrF3NO2. The average molecular weight is 312 g/mol. The Hall–Kier alpha value is -1.11. The molecule has 1 heterocycles. The quantitative estimate of drug-likeness (QED) is 0.802. The van der Waals surface area contributed by atoms with Crippen molar-refractivity contribution in [1.82, 2.24) is 4.98 Å². The highest BCUT2D eigenvalue weighted by Crippen LogP contribution is 2.27. The summed E-state index contributed by atoms with van der Waals surface area (Å²) in [6, 6.07) is 0. The lowest BCUT2D eigenvalue weighted by molar-refractivity contribution is -0.142. The van der Waals surface area contributed by atoms with Crippen LogP contribution in [0.3, 0.4) is 0 Å². The Bertz CT molecular complexity index is 426. The summed E-state index contributed by atoms with van der Waals surface area (Å²) in [5, 5.41) is 0. The number of esters is 1. The van der Waals surface area contributed by atoms with Gasteiger partial charge in [-0.3, -0.25) is 9.78 Å². The van der Waals surface area contributed by atoms with E-state index < -0.39 is 30.3 Å². The number of rotatable bonds is 4. The third-order valence-electron chi connectivity index (χ3n) is 1.93. The van der Waals surface area contributed by atoms with Gasteiger partial charge >= 0.3 is 5.97 Å². The van der Waals surface area contributed by atoms with E-state index in [9.17, 15) is 18.0 Å². The number of halogens is 4. The Morgan fingerprint density at radius 3 is 2.76 bits per heavy atom. The molecule has 0 aliphatic heterocycles. The molecule has 0 N–H and O–H groups in total. The number of pyridine rings is 1. The average Bonchev–Trinajstić information content (AvgIpc) is 2.24. The zero-order valence-corrected chi connectivity index (χ0v) is 10.4. The predicted molar refractivity (Wildman–Crippen MR) is 57.2 cm³/mol. The van der Waals surface area contributed by atoms with Gasteiger partial charge in [-0.15, -0.1) is 0 Å². The summed E-state index contributed by atoms with van der Waals surface area (Å²) in [6.07, 6.45) is -2.40. The number of carbonyl (C=O) groups is 1. The molecule has 0 bridgehead atoms. The molecule has 0 aliphatic rings. The zero-order chi connectivity index (χ0) is 13.0. The van der Waals surface area contributed by atoms with Gasteiger partial charge in [0.1, 0.15) is 5.69 Å². The highest BCUT2D eigenvalue weighted by molar-refractivity contribution is 9.10. The van der Waals surface area contributed by atoms with Gasteiger partial charge in [0.25, 0.3) is 6.43 Å². The molecule has 17 heavy (non-hydrogen) atoms. The Morgan fingerprint density at radius 2 is 2.24 bits per heavy atom. The van der Waals surface area contributed by atoms with Crippen LogP contribution in [-0.2, 0) is 16.0 Å². The molecule has 0 saturated carbocycles. The normalized spacial score (nSPS) is 10.7. The van der Waals surface area contributed by atoms with Gasteiger partial charge in [-0.1, -0.05) is 0 Å². The van der Waals surface area contributed by atoms with Crippen LogP contribution in [0.2, 0.25) is 0 Å². The molecule has 1 aromatic rings. The van der Waals surface area contributed by atoms with Crippen LogP contribution in [0.1, 0.15) is 24.6 Å². The second kappa shape index (κ2) is 6.00. The van der Waals surface area contributed by atoms with Crippen molar-refractivity contribution >= 4 is 21.9 Å². The lowest BCUT2D eigenvalue weighted by atomic mass is 10.1. The minimum absolute atomic E-state index is 0.144. The van der Waals surface area contributed by atoms with Crippen LogP contribution in [0.4, 0.5) is 13.2 Å². The van der Waals surface area contributed by atoms with E-state index in [-0.39, 0.29) is 16.6 Å². The number of aromatic nitrogens is 1. The van der Waals surface area contributed by atoms with Gasteiger partial charge < -0.3 is 4.74 Å². The third kappa shape index (κ3) is 3.42. The number of hydrogen-bond donors (Lipinski definition) is 0. The molecule has 94 valence electrons. The van der Waals surface area contributed by atoms with E-state index in [0.29, 0.717) is 0 Å². The summed E-state index contributed by atoms with van der Waals surface area (Å²) >= 11 is 2.95. The fourth-order valence-electron chi connectivity index (χ4n) is 1.19. The maximum absolute atomic E-state index is 13.6. The topological polar surface area (TPSA) is 39.2 Å². The lowest BCUT2D eigenvalue weighted by Gasteiger charge is -2.08. The fourth-order valence-corrected chi connectivity index (χ4v) is 1.61. The van der Waals surface area contributed by atoms with Crippen molar-refractivity contribution in [3.63, 3.8) is 0 Å². The molecule has 1 rings (SSSR count). The van der Waals surface area contributed by atoms with Crippen LogP contribution in [0.25, 0.3) is 0 Å². The monoisotopic (exact) mass is 311 g/mol. The summed E-state index contributed by atoms with van der Waals surface area (Å²) < 4.78 is 43.2. The summed E-state index contributed by atoms with van der Waals surface area (Å²) in [6.45, 7) is 1.74. The minimum Gasteiger partial charge on any atom is -0.466 e. The maximum atomic E-state index is 13.6. The van der Waals surface area contributed by atoms with Crippen LogP contribution in [-0.4, -0.2) is 17.6 Å². The molecule has 0 fully saturated rings. The SMILES string of the molecule is CCOC(=O)Cc1c(Br)cnc(C(F)F)c1F. The fraction of sp³-hybridized carbons (Fsp3) is 0.400. The Labute approximate surface area is 104 Å². The van der Waals surface area contributed by atoms with Crippen molar-refractivity contribution in [1.29, 1.82) is 0 Å². The van der Waals surface area contributed by atoms with Crippen molar-refractivity contribution in [2.75, 3.05) is 6.61 Å². The Balaban J connectivity index is 3.05. The van der Waals surface area contributed by atoms with E-state index in [2.05, 4.69) is 25.7 Å². The first-order valence-corrected chi connectivity index (χ1v) is 5.53. The van der Waals surface area contributed by atoms with Crippen LogP contribution in [0.15, 0.2) is 10.7 Å². The minimum atomic E-state index is -3.02. The van der Waals surface area contributed by atoms with Crippen LogP contribution in [0, 0.1) is 5.82 Å². The van der Waals surface area contributed by atoms with Crippen LogP contribution >= 0.6 is 15.9 Å². The molecule has 0 aromatic carbocycles. The Morgan fingerprint density at radius 1 is 1.59 bits per heavy atom. The van der Waals surface area contributed by atoms with E-state index in [1.54, 1.807) is 6.92 Å². The van der Waals surface area contributed by atoms with Crippen molar-refractivity contribution in [3.8, 4) is 0 Å². The van der Waals surface area contributed by atoms with Gasteiger partial charge in [-0.05, 0) is 22.9 Å². The van der Waals surface area contributed by atoms with Gasteiger partial charge in [0.05, 0.1) is 13.0 Å². The molecule has 0 unspecified atom stereocenters. The van der Waals surface area contributed by atoms with Gasteiger partial charge in [-0.2, -0.15) is 0 Å². The molecule has 0 radical (unpaired) electrons. The molecule has 1 aromatic heterocycles. The highest BCUT2D eigenvalue weighted by atomic mass is 79.9. The number of ether oxygens (including phenoxy) is 1. The number of nitrogens with zero attached hydrogens (tertiary/aromatic N) is 1. The largest absolute Gasteiger partial charge is 0.466 e. The van der Waals surface area contributed by atoms with Crippen LogP contribution < -0.4 is 0 Å². The van der Waals surface area contributed by atoms with Gasteiger partial charge in [-0.25, -0.2) is 13.2 Å². The molecule has 0 spiro atoms. The van der Waals surface area contributed by atoms with Crippen molar-refractivity contribution in [2.24, 2.45) is 0 Å². The Kier molecular flexibility index (Phi) is 4.92. The van der Waals surface area contributed by atoms with E-state index in [4.69, 9.17) is 0 Å². The highest BCUT2D eigenvalue weighted by Gasteiger charge is 2.22. The van der Waals surface area contributed by atoms with Gasteiger partial charge in [0.15, 0.2) is 5.82 Å². The second-order valence-electron chi connectivity index (χ2n) is 3.07. The summed E-state index contributed by atoms with van der Waals surface area (Å²) in [5.74, 6) is -1.86. The van der Waals surface area contributed by atoms with Gasteiger partial charge in [0.2, 0.25) is 0 Å². The predicted octanol–water partition coefficient (Wildman–Crippen LogP) is 3.03. The van der Waals surface area contributed by atoms with E-state index in [1.165, 1.54) is 0 Å². The van der Waals surface area contributed by atoms with E-state index in [0.717, 1.165) is 6.20 Å². The molecular weight excluding hydrogens is 303 g/mol. The molecule has 0 saturated heterocycles. The molecule has 0 atom stereocenters. The number of hydrogen-bond acceptors (Lipinski definition) is 3. The number of carbonyl (C=O) groups excluding carboxylic acids is 1. The smallest absolute Gasteiger partial charge is 0.310 e. The molecule has 0 aliphatic carbocycles. The zero-order valence-electron chi connectivity index (χ0n) is 8.84. The first kappa shape index (κ1) is 14.0. The standard InChI is InChI=1S/C10H9BrF3NO2/c1-2-17-7(16)3-5-6(11)4-15-9(8(5)12)10(13)14/h4,10H,2-3H2,1H3. The van der Waals surface area contributed by atoms with Crippen molar-refractivity contribution < 1.29 is 22.7 Å². The van der Waals surface area contributed by atoms with Gasteiger partial charge in [0, 0.05) is 16.2 Å².